The van der Waals surface area contributed by atoms with Crippen molar-refractivity contribution in [3.63, 3.8) is 0 Å². The summed E-state index contributed by atoms with van der Waals surface area (Å²) in [4.78, 5) is 40.5. The molecule has 1 N–H and O–H groups in total. The van der Waals surface area contributed by atoms with E-state index in [0.29, 0.717) is 26.3 Å². The van der Waals surface area contributed by atoms with E-state index >= 15 is 4.39 Å². The van der Waals surface area contributed by atoms with E-state index in [2.05, 4.69) is 0 Å². The first-order chi connectivity index (χ1) is 20.9. The summed E-state index contributed by atoms with van der Waals surface area (Å²) in [5, 5.41) is 1.56. The largest absolute Gasteiger partial charge is 0.488 e. The van der Waals surface area contributed by atoms with E-state index in [1.165, 1.54) is 0 Å². The number of ether oxygens (including phenoxy) is 2. The Balaban J connectivity index is 1.52. The molecular weight excluding hydrogens is 441 g/mol. The molecule has 2 aromatic rings. The Morgan fingerprint density at radius 1 is 1.24 bits per heavy atom. The molecule has 0 aliphatic carbocycles. The molecule has 9 heteroatoms. The average Bonchev–Trinajstić information content (AvgIpc) is 3.34. The van der Waals surface area contributed by atoms with Crippen LogP contribution in [-0.2, 0) is 34.0 Å². The van der Waals surface area contributed by atoms with E-state index in [4.69, 9.17) is 24.6 Å². The third-order valence-electron chi connectivity index (χ3n) is 5.46. The second-order valence-corrected chi connectivity index (χ2v) is 7.65. The first-order valence-corrected chi connectivity index (χ1v) is 10.4. The molecule has 0 spiro atoms. The number of nitrogens with zero attached hydrogens (tertiary/aromatic N) is 2. The Kier molecular flexibility index (Phi) is 3.63. The summed E-state index contributed by atoms with van der Waals surface area (Å²) in [5.74, 6) is -6.45. The average molecular weight is 479 g/mol. The van der Waals surface area contributed by atoms with Crippen LogP contribution in [0.1, 0.15) is 54.9 Å². The second-order valence-electron chi connectivity index (χ2n) is 7.65. The molecule has 1 atom stereocenters. The molecule has 2 fully saturated rings. The highest BCUT2D eigenvalue weighted by atomic mass is 19.1. The summed E-state index contributed by atoms with van der Waals surface area (Å²) in [7, 11) is 0. The predicted octanol–water partition coefficient (Wildman–Crippen LogP) is 2.00. The topological polar surface area (TPSA) is 88.2 Å². The zero-order valence-electron chi connectivity index (χ0n) is 28.8. The number of hydrogen-bond acceptors (Lipinski definition) is 6. The van der Waals surface area contributed by atoms with Crippen LogP contribution in [0.3, 0.4) is 0 Å². The lowest BCUT2D eigenvalue weighted by Crippen LogP contribution is -2.52. The van der Waals surface area contributed by atoms with Crippen molar-refractivity contribution >= 4 is 17.7 Å². The summed E-state index contributed by atoms with van der Waals surface area (Å²) in [5.41, 5.74) is -1.60. The van der Waals surface area contributed by atoms with E-state index in [-0.39, 0.29) is 22.6 Å². The standard InChI is InChI=1S/C25H26FN3O5/c26-20-12-16(13-28-8-10-33-11-9-28)4-5-17(20)15-34-22-3-1-2-18-19(22)14-29(25(18)32)21-6-7-23(30)27-24(21)31/h1-5,12,21H,6-11,13-15H2,(H,27,30,31)/t21-/m0/s1/i1D,2D,3D,4D,5D,6D2,7D2,12D,21D. The van der Waals surface area contributed by atoms with Crippen LogP contribution in [0.2, 0.25) is 0 Å². The van der Waals surface area contributed by atoms with E-state index < -0.39 is 109 Å². The molecule has 178 valence electrons. The molecule has 3 aliphatic heterocycles. The number of amides is 3. The number of imide groups is 1. The summed E-state index contributed by atoms with van der Waals surface area (Å²) in [6.07, 6.45) is -7.07. The fourth-order valence-electron chi connectivity index (χ4n) is 3.72. The minimum atomic E-state index is -3.62. The van der Waals surface area contributed by atoms with Gasteiger partial charge >= 0.3 is 0 Å². The molecule has 3 amide bonds. The summed E-state index contributed by atoms with van der Waals surface area (Å²) in [6.45, 7) is 0.0605. The van der Waals surface area contributed by atoms with Gasteiger partial charge in [-0.15, -0.1) is 0 Å². The van der Waals surface area contributed by atoms with Crippen molar-refractivity contribution < 1.29 is 43.3 Å². The van der Waals surface area contributed by atoms with Gasteiger partial charge in [-0.3, -0.25) is 24.6 Å². The minimum Gasteiger partial charge on any atom is -0.488 e. The van der Waals surface area contributed by atoms with Crippen molar-refractivity contribution in [1.29, 1.82) is 0 Å². The van der Waals surface area contributed by atoms with Crippen molar-refractivity contribution in [2.75, 3.05) is 26.3 Å². The van der Waals surface area contributed by atoms with Crippen LogP contribution in [0.25, 0.3) is 0 Å². The molecular formula is C25H26FN3O5. The molecule has 0 radical (unpaired) electrons. The van der Waals surface area contributed by atoms with E-state index in [0.717, 1.165) is 0 Å². The van der Waals surface area contributed by atoms with Gasteiger partial charge in [-0.2, -0.15) is 0 Å². The van der Waals surface area contributed by atoms with Crippen molar-refractivity contribution in [3.05, 3.63) is 64.3 Å². The van der Waals surface area contributed by atoms with Crippen molar-refractivity contribution in [1.82, 2.24) is 15.1 Å². The number of benzene rings is 2. The number of nitrogens with one attached hydrogen (secondary N) is 1. The normalized spacial score (nSPS) is 30.7. The molecule has 3 heterocycles. The van der Waals surface area contributed by atoms with Gasteiger partial charge in [0, 0.05) is 48.2 Å². The molecule has 2 aromatic carbocycles. The first-order valence-electron chi connectivity index (χ1n) is 15.9. The first kappa shape index (κ1) is 13.0. The minimum absolute atomic E-state index is 0.0277. The maximum absolute atomic E-state index is 15.5. The van der Waals surface area contributed by atoms with Crippen LogP contribution < -0.4 is 10.1 Å². The lowest BCUT2D eigenvalue weighted by Gasteiger charge is -2.29. The Bertz CT molecular complexity index is 1620. The number of fused-ring (bicyclic) bond motifs is 1. The van der Waals surface area contributed by atoms with Crippen LogP contribution in [0, 0.1) is 5.82 Å². The zero-order chi connectivity index (χ0) is 33.4. The fourth-order valence-corrected chi connectivity index (χ4v) is 3.72. The zero-order valence-corrected chi connectivity index (χ0v) is 17.8. The second kappa shape index (κ2) is 9.52. The lowest BCUT2D eigenvalue weighted by atomic mass is 10.0. The van der Waals surface area contributed by atoms with E-state index in [1.54, 1.807) is 5.32 Å². The van der Waals surface area contributed by atoms with Gasteiger partial charge in [-0.25, -0.2) is 4.39 Å². The Morgan fingerprint density at radius 2 is 2.06 bits per heavy atom. The number of rotatable bonds is 6. The molecule has 34 heavy (non-hydrogen) atoms. The van der Waals surface area contributed by atoms with Gasteiger partial charge in [-0.1, -0.05) is 18.1 Å². The molecule has 3 aliphatic rings. The molecule has 0 bridgehead atoms. The van der Waals surface area contributed by atoms with Crippen molar-refractivity contribution in [2.45, 2.75) is 38.5 Å². The van der Waals surface area contributed by atoms with Crippen molar-refractivity contribution in [3.8, 4) is 5.75 Å². The highest BCUT2D eigenvalue weighted by Crippen LogP contribution is 2.34. The molecule has 8 nitrogen and oxygen atoms in total. The number of halogens is 1. The van der Waals surface area contributed by atoms with Gasteiger partial charge in [-0.05, 0) is 30.1 Å². The predicted molar refractivity (Wildman–Crippen MR) is 119 cm³/mol. The van der Waals surface area contributed by atoms with Gasteiger partial charge in [0.15, 0.2) is 0 Å². The van der Waals surface area contributed by atoms with E-state index in [1.807, 2.05) is 4.90 Å². The molecule has 0 saturated carbocycles. The number of hydrogen-bond donors (Lipinski definition) is 1. The Morgan fingerprint density at radius 3 is 2.88 bits per heavy atom. The highest BCUT2D eigenvalue weighted by molar-refractivity contribution is 6.05. The molecule has 2 saturated heterocycles. The maximum Gasteiger partial charge on any atom is 0.255 e. The molecule has 0 aromatic heterocycles. The van der Waals surface area contributed by atoms with Crippen LogP contribution in [-0.4, -0.2) is 59.8 Å². The van der Waals surface area contributed by atoms with Gasteiger partial charge < -0.3 is 14.4 Å². The number of carbonyl (C=O) groups is 3. The van der Waals surface area contributed by atoms with Gasteiger partial charge in [0.2, 0.25) is 11.8 Å². The van der Waals surface area contributed by atoms with Crippen LogP contribution in [0.15, 0.2) is 36.3 Å². The SMILES string of the molecule is [2H]c1c([2H])c(OCc2c([2H])c([2H])c(CN3CCOCC3)c([2H])c2F)c2c(c1[2H])C(=O)N([C@]1([2H])C(=O)NC(=O)C([2H])([2H])C1([2H])[2H])C2. The smallest absolute Gasteiger partial charge is 0.255 e. The van der Waals surface area contributed by atoms with Gasteiger partial charge in [0.05, 0.1) is 29.4 Å². The van der Waals surface area contributed by atoms with Gasteiger partial charge in [0.1, 0.15) is 24.2 Å². The summed E-state index contributed by atoms with van der Waals surface area (Å²) >= 11 is 0. The fraction of sp³-hybridized carbons (Fsp3) is 0.400. The van der Waals surface area contributed by atoms with Crippen LogP contribution in [0.4, 0.5) is 4.39 Å². The number of piperidine rings is 1. The van der Waals surface area contributed by atoms with Crippen molar-refractivity contribution in [2.24, 2.45) is 0 Å². The number of carbonyl (C=O) groups excluding carboxylic acids is 3. The van der Waals surface area contributed by atoms with Crippen LogP contribution in [0.5, 0.6) is 5.75 Å². The summed E-state index contributed by atoms with van der Waals surface area (Å²) < 4.78 is 117. The molecule has 0 unspecified atom stereocenters. The third-order valence-corrected chi connectivity index (χ3v) is 5.46. The van der Waals surface area contributed by atoms with E-state index in [9.17, 15) is 14.4 Å². The highest BCUT2D eigenvalue weighted by Gasteiger charge is 2.40. The lowest BCUT2D eigenvalue weighted by molar-refractivity contribution is -0.136. The summed E-state index contributed by atoms with van der Waals surface area (Å²) in [6, 6.07) is -7.55. The maximum atomic E-state index is 15.5. The van der Waals surface area contributed by atoms with Crippen LogP contribution >= 0.6 is 0 Å². The molecule has 5 rings (SSSR count). The monoisotopic (exact) mass is 478 g/mol. The number of morpholine rings is 1. The Hall–Kier alpha value is -3.30. The third kappa shape index (κ3) is 4.53. The quantitative estimate of drug-likeness (QED) is 0.639. The Labute approximate surface area is 212 Å². The van der Waals surface area contributed by atoms with Gasteiger partial charge in [0.25, 0.3) is 5.91 Å².